The van der Waals surface area contributed by atoms with Gasteiger partial charge in [-0.25, -0.2) is 23.8 Å². The Labute approximate surface area is 84.7 Å². The van der Waals surface area contributed by atoms with Gasteiger partial charge in [0.15, 0.2) is 0 Å². The van der Waals surface area contributed by atoms with E-state index in [4.69, 9.17) is 0 Å². The average Bonchev–Trinajstić information content (AvgIpc) is 2.57. The number of hydrogen-bond acceptors (Lipinski definition) is 0. The van der Waals surface area contributed by atoms with Crippen molar-refractivity contribution < 1.29 is 16.5 Å². The molecule has 0 aromatic rings. The first kappa shape index (κ1) is 11.5. The van der Waals surface area contributed by atoms with Gasteiger partial charge in [0.2, 0.25) is 0 Å². The van der Waals surface area contributed by atoms with Crippen LogP contribution in [0.4, 0.5) is 0 Å². The van der Waals surface area contributed by atoms with E-state index in [1.54, 1.807) is 0 Å². The second-order valence-electron chi connectivity index (χ2n) is 2.47. The van der Waals surface area contributed by atoms with E-state index in [0.29, 0.717) is 0 Å². The molecule has 0 bridgehead atoms. The smallest absolute Gasteiger partial charge is 0.273 e. The van der Waals surface area contributed by atoms with E-state index in [0.717, 1.165) is 12.8 Å². The van der Waals surface area contributed by atoms with Crippen LogP contribution in [0.5, 0.6) is 0 Å². The van der Waals surface area contributed by atoms with E-state index < -0.39 is 0 Å². The van der Waals surface area contributed by atoms with Crippen molar-refractivity contribution in [1.29, 1.82) is 0 Å². The molecule has 0 aromatic heterocycles. The minimum absolute atomic E-state index is 0. The minimum atomic E-state index is 0. The van der Waals surface area contributed by atoms with Crippen molar-refractivity contribution in [3.8, 4) is 0 Å². The zero-order valence-corrected chi connectivity index (χ0v) is 8.10. The number of allylic oxidation sites excluding steroid dienone is 8. The van der Waals surface area contributed by atoms with Crippen LogP contribution in [0.3, 0.4) is 0 Å². The summed E-state index contributed by atoms with van der Waals surface area (Å²) >= 11 is 0. The van der Waals surface area contributed by atoms with Gasteiger partial charge in [-0.1, -0.05) is 6.92 Å². The second-order valence-corrected chi connectivity index (χ2v) is 2.47. The van der Waals surface area contributed by atoms with Crippen molar-refractivity contribution in [1.82, 2.24) is 0 Å². The van der Waals surface area contributed by atoms with Gasteiger partial charge < -0.3 is 0 Å². The third kappa shape index (κ3) is 5.15. The van der Waals surface area contributed by atoms with Crippen LogP contribution < -0.4 is 0 Å². The molecule has 0 saturated carbocycles. The Bertz CT molecular complexity index is 206. The number of hydrogen-bond donors (Lipinski definition) is 0. The summed E-state index contributed by atoms with van der Waals surface area (Å²) in [4.78, 5) is 0. The van der Waals surface area contributed by atoms with Gasteiger partial charge in [-0.3, -0.25) is 12.2 Å². The maximum atomic E-state index is 3.12. The molecule has 0 amide bonds. The van der Waals surface area contributed by atoms with Crippen molar-refractivity contribution in [3.05, 3.63) is 48.1 Å². The first-order valence-electron chi connectivity index (χ1n) is 3.85. The first-order valence-corrected chi connectivity index (χ1v) is 3.85. The molecule has 2 aliphatic rings. The van der Waals surface area contributed by atoms with Crippen LogP contribution in [0.2, 0.25) is 0 Å². The summed E-state index contributed by atoms with van der Waals surface area (Å²) in [6.45, 7) is 2.06. The Morgan fingerprint density at radius 1 is 1.25 bits per heavy atom. The summed E-state index contributed by atoms with van der Waals surface area (Å²) < 4.78 is 0. The van der Waals surface area contributed by atoms with Crippen molar-refractivity contribution >= 4 is 0 Å². The van der Waals surface area contributed by atoms with Crippen molar-refractivity contribution in [2.45, 2.75) is 19.8 Å². The van der Waals surface area contributed by atoms with Crippen LogP contribution in [0.15, 0.2) is 36.0 Å². The molecule has 2 rings (SSSR count). The fourth-order valence-corrected chi connectivity index (χ4v) is 0.855. The van der Waals surface area contributed by atoms with Crippen molar-refractivity contribution in [2.24, 2.45) is 0 Å². The first-order chi connectivity index (χ1) is 5.39. The van der Waals surface area contributed by atoms with Gasteiger partial charge >= 0.3 is 16.5 Å². The molecular formula is C11H12Ni. The quantitative estimate of drug-likeness (QED) is 0.419. The summed E-state index contributed by atoms with van der Waals surface area (Å²) in [7, 11) is 0. The minimum Gasteiger partial charge on any atom is -0.273 e. The molecule has 0 N–H and O–H groups in total. The largest absolute Gasteiger partial charge is 2.00 e. The van der Waals surface area contributed by atoms with Crippen molar-refractivity contribution in [3.63, 3.8) is 0 Å². The maximum Gasteiger partial charge on any atom is 2.00 e. The Hall–Kier alpha value is -0.546. The molecule has 1 heteroatoms. The van der Waals surface area contributed by atoms with Crippen LogP contribution in [0, 0.1) is 12.2 Å². The van der Waals surface area contributed by atoms with E-state index in [2.05, 4.69) is 37.3 Å². The molecule has 0 heterocycles. The van der Waals surface area contributed by atoms with Crippen LogP contribution in [-0.4, -0.2) is 0 Å². The van der Waals surface area contributed by atoms with Crippen LogP contribution in [0.1, 0.15) is 19.8 Å². The van der Waals surface area contributed by atoms with Gasteiger partial charge in [-0.15, -0.1) is 12.8 Å². The SMILES string of the molecule is CC1=[C-]CC=C1.[C-]1=CC=CC1.[Ni+2]. The van der Waals surface area contributed by atoms with E-state index in [1.165, 1.54) is 5.57 Å². The van der Waals surface area contributed by atoms with Crippen LogP contribution >= 0.6 is 0 Å². The van der Waals surface area contributed by atoms with Crippen LogP contribution in [-0.2, 0) is 16.5 Å². The predicted octanol–water partition coefficient (Wildman–Crippen LogP) is 3.00. The van der Waals surface area contributed by atoms with Gasteiger partial charge in [0, 0.05) is 0 Å². The monoisotopic (exact) mass is 202 g/mol. The third-order valence-corrected chi connectivity index (χ3v) is 1.45. The fraction of sp³-hybridized carbons (Fsp3) is 0.273. The topological polar surface area (TPSA) is 0 Å². The Morgan fingerprint density at radius 3 is 2.25 bits per heavy atom. The second kappa shape index (κ2) is 7.12. The van der Waals surface area contributed by atoms with Gasteiger partial charge in [0.05, 0.1) is 0 Å². The van der Waals surface area contributed by atoms with Gasteiger partial charge in [-0.2, -0.15) is 12.2 Å². The molecule has 0 atom stereocenters. The summed E-state index contributed by atoms with van der Waals surface area (Å²) in [6, 6.07) is 0. The summed E-state index contributed by atoms with van der Waals surface area (Å²) in [5.41, 5.74) is 1.27. The molecule has 0 spiro atoms. The molecule has 0 aromatic carbocycles. The average molecular weight is 203 g/mol. The maximum absolute atomic E-state index is 3.12. The molecule has 0 aliphatic heterocycles. The van der Waals surface area contributed by atoms with Gasteiger partial charge in [0.25, 0.3) is 0 Å². The van der Waals surface area contributed by atoms with Crippen molar-refractivity contribution in [2.75, 3.05) is 0 Å². The van der Waals surface area contributed by atoms with Gasteiger partial charge in [-0.05, 0) is 0 Å². The van der Waals surface area contributed by atoms with E-state index in [-0.39, 0.29) is 16.5 Å². The fourth-order valence-electron chi connectivity index (χ4n) is 0.855. The standard InChI is InChI=1S/C6H7.C5H5.Ni/c1-6-4-2-3-5-6;1-2-4-5-3-1;/h2,4H,3H2,1H3;1-3H,4H2;/q2*-1;+2. The van der Waals surface area contributed by atoms with E-state index in [9.17, 15) is 0 Å². The van der Waals surface area contributed by atoms with E-state index >= 15 is 0 Å². The molecule has 66 valence electrons. The number of rotatable bonds is 0. The summed E-state index contributed by atoms with van der Waals surface area (Å²) in [5, 5.41) is 0. The molecule has 0 nitrogen and oxygen atoms in total. The Morgan fingerprint density at radius 2 is 2.08 bits per heavy atom. The molecular weight excluding hydrogens is 191 g/mol. The molecule has 0 fully saturated rings. The third-order valence-electron chi connectivity index (χ3n) is 1.45. The molecule has 0 unspecified atom stereocenters. The Balaban J connectivity index is 0.000000189. The predicted molar refractivity (Wildman–Crippen MR) is 47.8 cm³/mol. The summed E-state index contributed by atoms with van der Waals surface area (Å²) in [5.74, 6) is 0. The molecule has 0 saturated heterocycles. The molecule has 12 heavy (non-hydrogen) atoms. The zero-order valence-electron chi connectivity index (χ0n) is 7.12. The van der Waals surface area contributed by atoms with Gasteiger partial charge in [0.1, 0.15) is 0 Å². The molecule has 2 aliphatic carbocycles. The normalized spacial score (nSPS) is 16.6. The molecule has 0 radical (unpaired) electrons. The van der Waals surface area contributed by atoms with E-state index in [1.807, 2.05) is 12.2 Å². The van der Waals surface area contributed by atoms with Crippen LogP contribution in [0.25, 0.3) is 0 Å². The summed E-state index contributed by atoms with van der Waals surface area (Å²) in [6.07, 6.45) is 18.3. The zero-order chi connectivity index (χ0) is 7.94. The Kier molecular flexibility index (Phi) is 6.80.